The Morgan fingerprint density at radius 3 is 1.62 bits per heavy atom. The number of pyridine rings is 4. The van der Waals surface area contributed by atoms with E-state index in [4.69, 9.17) is 4.74 Å². The number of halogens is 6. The lowest BCUT2D eigenvalue weighted by Gasteiger charge is -2.36. The molecule has 16 nitrogen and oxygen atoms in total. The molecule has 4 aromatic heterocycles. The summed E-state index contributed by atoms with van der Waals surface area (Å²) >= 11 is 0. The molecule has 0 spiro atoms. The molecule has 322 valence electrons. The third-order valence-electron chi connectivity index (χ3n) is 10.4. The summed E-state index contributed by atoms with van der Waals surface area (Å²) in [6, 6.07) is 11.5. The summed E-state index contributed by atoms with van der Waals surface area (Å²) in [6.45, 7) is 2.39. The highest BCUT2D eigenvalue weighted by atomic mass is 19.4. The van der Waals surface area contributed by atoms with Gasteiger partial charge in [0.1, 0.15) is 23.1 Å². The highest BCUT2D eigenvalue weighted by Crippen LogP contribution is 2.44. The Morgan fingerprint density at radius 1 is 0.721 bits per heavy atom. The van der Waals surface area contributed by atoms with Crippen LogP contribution < -0.4 is 35.0 Å². The number of nitrogens with one attached hydrogen (secondary N) is 2. The molecule has 0 aliphatic carbocycles. The Hall–Kier alpha value is -6.74. The highest BCUT2D eigenvalue weighted by molar-refractivity contribution is 6.07. The van der Waals surface area contributed by atoms with E-state index in [1.165, 1.54) is 35.4 Å². The van der Waals surface area contributed by atoms with E-state index in [1.54, 1.807) is 42.5 Å². The fourth-order valence-electron chi connectivity index (χ4n) is 7.51. The van der Waals surface area contributed by atoms with Crippen molar-refractivity contribution in [3.63, 3.8) is 0 Å². The van der Waals surface area contributed by atoms with Crippen LogP contribution in [0.5, 0.6) is 11.5 Å². The molecular weight excluding hydrogens is 818 g/mol. The number of ether oxygens (including phenoxy) is 1. The number of nitrogens with zero attached hydrogens (tertiary/aromatic N) is 8. The van der Waals surface area contributed by atoms with E-state index >= 15 is 0 Å². The maximum Gasteiger partial charge on any atom is 0.389 e. The summed E-state index contributed by atoms with van der Waals surface area (Å²) in [5.41, 5.74) is 0.346. The number of hydrogen-bond donors (Lipinski definition) is 3. The zero-order chi connectivity index (χ0) is 43.6. The number of aromatic nitrogens is 4. The molecule has 3 N–H and O–H groups in total. The van der Waals surface area contributed by atoms with Gasteiger partial charge in [0.05, 0.1) is 43.4 Å². The van der Waals surface area contributed by atoms with Gasteiger partial charge in [-0.1, -0.05) is 12.1 Å². The number of anilines is 6. The average Bonchev–Trinajstić information content (AvgIpc) is 3.85. The van der Waals surface area contributed by atoms with E-state index in [0.717, 1.165) is 0 Å². The third kappa shape index (κ3) is 9.52. The predicted octanol–water partition coefficient (Wildman–Crippen LogP) is 6.98. The minimum Gasteiger partial charge on any atom is -0.505 e. The summed E-state index contributed by atoms with van der Waals surface area (Å²) in [4.78, 5) is 74.2. The van der Waals surface area contributed by atoms with Gasteiger partial charge in [0.25, 0.3) is 0 Å². The molecule has 4 aliphatic heterocycles. The number of carbonyl (C=O) groups is 4. The molecule has 0 saturated carbocycles. The molecule has 8 heterocycles. The van der Waals surface area contributed by atoms with Gasteiger partial charge in [-0.3, -0.25) is 30.0 Å². The second kappa shape index (κ2) is 17.1. The Kier molecular flexibility index (Phi) is 11.9. The molecule has 2 saturated heterocycles. The lowest BCUT2D eigenvalue weighted by molar-refractivity contribution is -0.134. The Labute approximate surface area is 343 Å². The number of ketones is 2. The van der Waals surface area contributed by atoms with E-state index in [0.29, 0.717) is 62.0 Å². The Balaban J connectivity index is 0.000000184. The van der Waals surface area contributed by atoms with E-state index in [2.05, 4.69) is 30.6 Å². The van der Waals surface area contributed by atoms with Gasteiger partial charge in [-0.2, -0.15) is 26.3 Å². The molecule has 8 rings (SSSR count). The molecule has 0 radical (unpaired) electrons. The van der Waals surface area contributed by atoms with Gasteiger partial charge >= 0.3 is 24.4 Å². The summed E-state index contributed by atoms with van der Waals surface area (Å²) < 4.78 is 80.5. The zero-order valence-electron chi connectivity index (χ0n) is 32.3. The molecule has 4 aromatic rings. The molecule has 4 amide bonds. The summed E-state index contributed by atoms with van der Waals surface area (Å²) in [5, 5.41) is 15.6. The van der Waals surface area contributed by atoms with Crippen LogP contribution in [0.1, 0.15) is 59.5 Å². The molecule has 61 heavy (non-hydrogen) atoms. The maximum atomic E-state index is 13.1. The molecule has 4 bridgehead atoms. The van der Waals surface area contributed by atoms with Crippen LogP contribution in [0.3, 0.4) is 0 Å². The average molecular weight is 857 g/mol. The van der Waals surface area contributed by atoms with E-state index < -0.39 is 73.1 Å². The minimum absolute atomic E-state index is 0.0846. The van der Waals surface area contributed by atoms with Crippen LogP contribution in [0.15, 0.2) is 60.9 Å². The van der Waals surface area contributed by atoms with E-state index in [9.17, 15) is 50.6 Å². The number of amides is 4. The number of fused-ring (bicyclic) bond motifs is 8. The number of methoxy groups -OCH3 is 1. The largest absolute Gasteiger partial charge is 0.505 e. The van der Waals surface area contributed by atoms with E-state index in [-0.39, 0.29) is 35.2 Å². The van der Waals surface area contributed by atoms with Crippen LogP contribution in [0.25, 0.3) is 0 Å². The van der Waals surface area contributed by atoms with Gasteiger partial charge in [0.2, 0.25) is 0 Å². The maximum absolute atomic E-state index is 13.1. The van der Waals surface area contributed by atoms with Crippen molar-refractivity contribution in [1.29, 1.82) is 0 Å². The molecular formula is C39H38F6N10O6. The first-order chi connectivity index (χ1) is 29.0. The number of hydrogen-bond acceptors (Lipinski definition) is 12. The molecule has 2 atom stereocenters. The Morgan fingerprint density at radius 2 is 1.18 bits per heavy atom. The summed E-state index contributed by atoms with van der Waals surface area (Å²) in [6.07, 6.45) is -8.74. The number of carbonyl (C=O) groups excluding carboxylic acids is 4. The quantitative estimate of drug-likeness (QED) is 0.116. The van der Waals surface area contributed by atoms with Gasteiger partial charge in [0, 0.05) is 63.5 Å². The van der Waals surface area contributed by atoms with Crippen LogP contribution >= 0.6 is 0 Å². The highest BCUT2D eigenvalue weighted by Gasteiger charge is 2.43. The second-order valence-corrected chi connectivity index (χ2v) is 14.5. The van der Waals surface area contributed by atoms with Gasteiger partial charge in [0.15, 0.2) is 34.6 Å². The fraction of sp³-hybridized carbons (Fsp3) is 0.385. The lowest BCUT2D eigenvalue weighted by atomic mass is 10.1. The van der Waals surface area contributed by atoms with Crippen molar-refractivity contribution in [2.45, 2.75) is 63.0 Å². The standard InChI is InChI=1S/C20H20F3N5O3.C19H18F3N5O3/c1-31-15-10-13-18(26-17(15)14(29)5-7-20(21,22)23)28(12-6-9-27(13)11-12)19(30)25-16-4-2-3-8-24-16;20-19(21,22)6-4-13(28)16-14(29)9-12-17(25-16)27(11-5-8-26(12)10-11)18(30)24-15-3-1-2-7-23-15/h2-4,8,10,12H,5-7,9,11H2,1H3,(H,24,25,30);1-3,7,9,11,29H,4-6,8,10H2,(H,23,24,30)/t12-;11-/m00/s1. The van der Waals surface area contributed by atoms with Crippen LogP contribution in [0.2, 0.25) is 0 Å². The molecule has 0 aromatic carbocycles. The first-order valence-electron chi connectivity index (χ1n) is 19.0. The van der Waals surface area contributed by atoms with E-state index in [1.807, 2.05) is 9.80 Å². The third-order valence-corrected chi connectivity index (χ3v) is 10.4. The normalized spacial score (nSPS) is 17.5. The zero-order valence-corrected chi connectivity index (χ0v) is 32.3. The molecule has 4 aliphatic rings. The van der Waals surface area contributed by atoms with Gasteiger partial charge < -0.3 is 19.6 Å². The monoisotopic (exact) mass is 856 g/mol. The molecule has 0 unspecified atom stereocenters. The van der Waals surface area contributed by atoms with Gasteiger partial charge in [-0.25, -0.2) is 29.5 Å². The second-order valence-electron chi connectivity index (χ2n) is 14.5. The number of Topliss-reactive ketones (excluding diaryl/α,β-unsaturated/α-hetero) is 2. The van der Waals surface area contributed by atoms with Crippen molar-refractivity contribution in [3.05, 3.63) is 72.3 Å². The van der Waals surface area contributed by atoms with Gasteiger partial charge in [-0.05, 0) is 37.1 Å². The molecule has 22 heteroatoms. The summed E-state index contributed by atoms with van der Waals surface area (Å²) in [5.74, 6) is -1.13. The number of rotatable bonds is 9. The van der Waals surface area contributed by atoms with Gasteiger partial charge in [-0.15, -0.1) is 0 Å². The van der Waals surface area contributed by atoms with Crippen LogP contribution in [-0.4, -0.2) is 106 Å². The number of urea groups is 2. The van der Waals surface area contributed by atoms with Crippen molar-refractivity contribution in [3.8, 4) is 11.5 Å². The topological polar surface area (TPSA) is 186 Å². The van der Waals surface area contributed by atoms with Crippen molar-refractivity contribution < 1.29 is 55.4 Å². The Bertz CT molecular complexity index is 2300. The first-order valence-corrected chi connectivity index (χ1v) is 19.0. The number of aromatic hydroxyl groups is 1. The smallest absolute Gasteiger partial charge is 0.389 e. The van der Waals surface area contributed by atoms with Crippen LogP contribution in [-0.2, 0) is 0 Å². The van der Waals surface area contributed by atoms with Crippen molar-refractivity contribution in [2.75, 3.05) is 63.5 Å². The number of alkyl halides is 6. The SMILES string of the molecule is COc1cc2c(nc1C(=O)CCC(F)(F)F)N(C(=O)Nc1ccccn1)[C@H]1CCN2C1.O=C(CCC(F)(F)F)c1nc2c(cc1O)N1CC[C@@H](C1)N2C(=O)Nc1ccccn1. The lowest BCUT2D eigenvalue weighted by Crippen LogP contribution is -2.48. The van der Waals surface area contributed by atoms with Crippen LogP contribution in [0, 0.1) is 0 Å². The van der Waals surface area contributed by atoms with Crippen molar-refractivity contribution in [1.82, 2.24) is 19.9 Å². The summed E-state index contributed by atoms with van der Waals surface area (Å²) in [7, 11) is 1.32. The van der Waals surface area contributed by atoms with Crippen molar-refractivity contribution in [2.24, 2.45) is 0 Å². The molecule has 2 fully saturated rings. The van der Waals surface area contributed by atoms with Crippen LogP contribution in [0.4, 0.5) is 70.6 Å². The minimum atomic E-state index is -4.50. The first kappa shape index (κ1) is 42.4. The predicted molar refractivity (Wildman–Crippen MR) is 209 cm³/mol. The fourth-order valence-corrected chi connectivity index (χ4v) is 7.51. The van der Waals surface area contributed by atoms with Crippen molar-refractivity contribution >= 4 is 58.3 Å².